The van der Waals surface area contributed by atoms with Crippen molar-refractivity contribution in [3.05, 3.63) is 46.8 Å². The first-order valence-electron chi connectivity index (χ1n) is 10.1. The zero-order valence-corrected chi connectivity index (χ0v) is 17.8. The van der Waals surface area contributed by atoms with Gasteiger partial charge in [-0.05, 0) is 43.0 Å². The number of halogens is 2. The summed E-state index contributed by atoms with van der Waals surface area (Å²) in [6.45, 7) is 2.66. The van der Waals surface area contributed by atoms with E-state index < -0.39 is 0 Å². The van der Waals surface area contributed by atoms with Gasteiger partial charge in [-0.1, -0.05) is 23.2 Å². The van der Waals surface area contributed by atoms with Crippen molar-refractivity contribution in [1.29, 1.82) is 0 Å². The van der Waals surface area contributed by atoms with Crippen molar-refractivity contribution >= 4 is 51.6 Å². The molecule has 0 aliphatic carbocycles. The van der Waals surface area contributed by atoms with Crippen molar-refractivity contribution in [2.24, 2.45) is 5.92 Å². The Hall–Kier alpha value is -2.51. The molecular formula is C21H22Cl2N6O. The Morgan fingerprint density at radius 1 is 1.17 bits per heavy atom. The number of hydrogen-bond donors (Lipinski definition) is 2. The molecule has 2 aromatic heterocycles. The van der Waals surface area contributed by atoms with Crippen LogP contribution in [0.3, 0.4) is 0 Å². The van der Waals surface area contributed by atoms with Gasteiger partial charge in [0.1, 0.15) is 17.8 Å². The minimum Gasteiger partial charge on any atom is -0.376 e. The van der Waals surface area contributed by atoms with Crippen LogP contribution in [0.15, 0.2) is 36.8 Å². The lowest BCUT2D eigenvalue weighted by atomic mass is 9.92. The molecule has 0 saturated carbocycles. The van der Waals surface area contributed by atoms with E-state index in [0.717, 1.165) is 48.5 Å². The molecule has 3 aromatic rings. The van der Waals surface area contributed by atoms with E-state index in [1.807, 2.05) is 17.2 Å². The van der Waals surface area contributed by atoms with E-state index in [1.165, 1.54) is 0 Å². The summed E-state index contributed by atoms with van der Waals surface area (Å²) in [4.78, 5) is 29.2. The Balaban J connectivity index is 1.28. The maximum absolute atomic E-state index is 12.9. The van der Waals surface area contributed by atoms with Gasteiger partial charge in [-0.2, -0.15) is 0 Å². The number of aromatic nitrogens is 3. The number of carbonyl (C=O) groups excluding carboxylic acids is 1. The second kappa shape index (κ2) is 7.96. The van der Waals surface area contributed by atoms with Gasteiger partial charge in [0.15, 0.2) is 0 Å². The van der Waals surface area contributed by atoms with Crippen LogP contribution in [0.2, 0.25) is 10.0 Å². The fraction of sp³-hybridized carbons (Fsp3) is 0.381. The molecule has 2 N–H and O–H groups in total. The summed E-state index contributed by atoms with van der Waals surface area (Å²) in [5.41, 5.74) is 1.59. The van der Waals surface area contributed by atoms with Crippen molar-refractivity contribution in [2.45, 2.75) is 18.9 Å². The smallest absolute Gasteiger partial charge is 0.241 e. The van der Waals surface area contributed by atoms with Crippen LogP contribution in [0.25, 0.3) is 11.0 Å². The number of likely N-dealkylation sites (tertiary alicyclic amines) is 1. The number of nitrogens with zero attached hydrogens (tertiary/aromatic N) is 4. The quantitative estimate of drug-likeness (QED) is 0.639. The number of carbonyl (C=O) groups is 1. The molecule has 2 aliphatic heterocycles. The van der Waals surface area contributed by atoms with Gasteiger partial charge in [-0.3, -0.25) is 4.79 Å². The van der Waals surface area contributed by atoms with E-state index >= 15 is 0 Å². The molecule has 30 heavy (non-hydrogen) atoms. The van der Waals surface area contributed by atoms with Crippen LogP contribution in [0.4, 0.5) is 11.5 Å². The van der Waals surface area contributed by atoms with Crippen LogP contribution < -0.4 is 10.2 Å². The Morgan fingerprint density at radius 3 is 2.80 bits per heavy atom. The van der Waals surface area contributed by atoms with Gasteiger partial charge in [0.05, 0.1) is 18.0 Å². The van der Waals surface area contributed by atoms with Gasteiger partial charge in [0.25, 0.3) is 0 Å². The van der Waals surface area contributed by atoms with E-state index in [1.54, 1.807) is 24.5 Å². The maximum Gasteiger partial charge on any atom is 0.241 e. The van der Waals surface area contributed by atoms with Crippen molar-refractivity contribution in [1.82, 2.24) is 19.9 Å². The van der Waals surface area contributed by atoms with Gasteiger partial charge in [-0.25, -0.2) is 9.97 Å². The Kier molecular flexibility index (Phi) is 5.16. The second-order valence-electron chi connectivity index (χ2n) is 7.89. The topological polar surface area (TPSA) is 77.2 Å². The normalized spacial score (nSPS) is 21.1. The van der Waals surface area contributed by atoms with Crippen LogP contribution in [-0.4, -0.2) is 58.0 Å². The third-order valence-electron chi connectivity index (χ3n) is 6.13. The van der Waals surface area contributed by atoms with Gasteiger partial charge < -0.3 is 20.1 Å². The average molecular weight is 445 g/mol. The van der Waals surface area contributed by atoms with E-state index in [-0.39, 0.29) is 18.5 Å². The van der Waals surface area contributed by atoms with E-state index in [0.29, 0.717) is 22.5 Å². The molecule has 2 saturated heterocycles. The molecule has 2 aliphatic rings. The van der Waals surface area contributed by atoms with Crippen LogP contribution in [0.5, 0.6) is 0 Å². The Labute approximate surface area is 184 Å². The molecule has 7 nitrogen and oxygen atoms in total. The minimum atomic E-state index is 0.0749. The minimum absolute atomic E-state index is 0.0749. The monoisotopic (exact) mass is 444 g/mol. The summed E-state index contributed by atoms with van der Waals surface area (Å²) in [6.07, 6.45) is 5.63. The highest BCUT2D eigenvalue weighted by atomic mass is 35.5. The zero-order valence-electron chi connectivity index (χ0n) is 16.3. The molecule has 156 valence electrons. The van der Waals surface area contributed by atoms with Crippen LogP contribution >= 0.6 is 23.2 Å². The number of fused-ring (bicyclic) bond motifs is 2. The fourth-order valence-electron chi connectivity index (χ4n) is 4.66. The molecule has 1 amide bonds. The summed E-state index contributed by atoms with van der Waals surface area (Å²) in [7, 11) is 0. The average Bonchev–Trinajstić information content (AvgIpc) is 3.37. The highest BCUT2D eigenvalue weighted by Crippen LogP contribution is 2.36. The standard InChI is InChI=1S/C21H22Cl2N6O/c22-14-7-15(23)9-16(8-14)25-10-19(30)28-5-2-13-3-6-29(18(13)11-28)21-17-1-4-24-20(17)26-12-27-21/h1,4,7-9,12-13,18,25H,2-3,5-6,10-11H2,(H,24,26,27)/t13-,18-/m1/s1. The number of rotatable bonds is 4. The third kappa shape index (κ3) is 3.68. The molecule has 2 atom stereocenters. The predicted molar refractivity (Wildman–Crippen MR) is 119 cm³/mol. The zero-order chi connectivity index (χ0) is 20.7. The maximum atomic E-state index is 12.9. The number of piperidine rings is 1. The lowest BCUT2D eigenvalue weighted by molar-refractivity contribution is -0.130. The van der Waals surface area contributed by atoms with Gasteiger partial charge in [0.2, 0.25) is 5.91 Å². The number of nitrogens with one attached hydrogen (secondary N) is 2. The van der Waals surface area contributed by atoms with E-state index in [4.69, 9.17) is 23.2 Å². The van der Waals surface area contributed by atoms with Crippen molar-refractivity contribution < 1.29 is 4.79 Å². The molecule has 1 aromatic carbocycles. The third-order valence-corrected chi connectivity index (χ3v) is 6.56. The summed E-state index contributed by atoms with van der Waals surface area (Å²) >= 11 is 12.1. The van der Waals surface area contributed by atoms with Crippen LogP contribution in [0.1, 0.15) is 12.8 Å². The number of aromatic amines is 1. The largest absolute Gasteiger partial charge is 0.376 e. The SMILES string of the molecule is O=C(CNc1cc(Cl)cc(Cl)c1)N1CC[C@@H]2CCN(c3ncnc4[nH]ccc34)[C@@H]2C1. The van der Waals surface area contributed by atoms with Gasteiger partial charge in [0, 0.05) is 41.6 Å². The first-order chi connectivity index (χ1) is 14.6. The molecule has 9 heteroatoms. The molecule has 0 bridgehead atoms. The summed E-state index contributed by atoms with van der Waals surface area (Å²) in [5, 5.41) is 5.26. The van der Waals surface area contributed by atoms with Crippen LogP contribution in [0, 0.1) is 5.92 Å². The highest BCUT2D eigenvalue weighted by molar-refractivity contribution is 6.35. The molecular weight excluding hydrogens is 423 g/mol. The summed E-state index contributed by atoms with van der Waals surface area (Å²) in [6, 6.07) is 7.50. The van der Waals surface area contributed by atoms with Crippen LogP contribution in [-0.2, 0) is 4.79 Å². The molecule has 4 heterocycles. The molecule has 0 unspecified atom stereocenters. The summed E-state index contributed by atoms with van der Waals surface area (Å²) in [5.74, 6) is 1.61. The lowest BCUT2D eigenvalue weighted by Gasteiger charge is -2.39. The molecule has 0 spiro atoms. The number of hydrogen-bond acceptors (Lipinski definition) is 5. The van der Waals surface area contributed by atoms with E-state index in [2.05, 4.69) is 25.2 Å². The fourth-order valence-corrected chi connectivity index (χ4v) is 5.19. The first kappa shape index (κ1) is 19.5. The number of H-pyrrole nitrogens is 1. The lowest BCUT2D eigenvalue weighted by Crippen LogP contribution is -2.51. The number of amides is 1. The van der Waals surface area contributed by atoms with Gasteiger partial charge >= 0.3 is 0 Å². The van der Waals surface area contributed by atoms with Crippen molar-refractivity contribution in [2.75, 3.05) is 36.4 Å². The van der Waals surface area contributed by atoms with Gasteiger partial charge in [-0.15, -0.1) is 0 Å². The molecule has 5 rings (SSSR count). The van der Waals surface area contributed by atoms with Crippen molar-refractivity contribution in [3.8, 4) is 0 Å². The molecule has 0 radical (unpaired) electrons. The first-order valence-corrected chi connectivity index (χ1v) is 10.9. The number of anilines is 2. The Morgan fingerprint density at radius 2 is 1.97 bits per heavy atom. The number of benzene rings is 1. The molecule has 2 fully saturated rings. The second-order valence-corrected chi connectivity index (χ2v) is 8.76. The predicted octanol–water partition coefficient (Wildman–Crippen LogP) is 3.80. The van der Waals surface area contributed by atoms with E-state index in [9.17, 15) is 4.79 Å². The Bertz CT molecular complexity index is 1070. The van der Waals surface area contributed by atoms with Crippen molar-refractivity contribution in [3.63, 3.8) is 0 Å². The summed E-state index contributed by atoms with van der Waals surface area (Å²) < 4.78 is 0. The highest BCUT2D eigenvalue weighted by Gasteiger charge is 2.40.